The van der Waals surface area contributed by atoms with Crippen LogP contribution in [0.3, 0.4) is 0 Å². The molecule has 30 heavy (non-hydrogen) atoms. The minimum Gasteiger partial charge on any atom is -0.330 e. The number of rotatable bonds is 5. The lowest BCUT2D eigenvalue weighted by Gasteiger charge is -2.42. The zero-order chi connectivity index (χ0) is 21.3. The lowest BCUT2D eigenvalue weighted by atomic mass is 9.96. The van der Waals surface area contributed by atoms with E-state index < -0.39 is 10.8 Å². The van der Waals surface area contributed by atoms with Gasteiger partial charge in [0.05, 0.1) is 16.6 Å². The van der Waals surface area contributed by atoms with Gasteiger partial charge in [0.25, 0.3) is 0 Å². The molecule has 0 saturated carbocycles. The molecule has 3 aromatic rings. The Morgan fingerprint density at radius 2 is 1.83 bits per heavy atom. The molecule has 0 fully saturated rings. The predicted octanol–water partition coefficient (Wildman–Crippen LogP) is 4.53. The predicted molar refractivity (Wildman–Crippen MR) is 122 cm³/mol. The molecule has 7 nitrogen and oxygen atoms in total. The molecule has 0 aliphatic carbocycles. The Bertz CT molecular complexity index is 1080. The normalized spacial score (nSPS) is 15.8. The third-order valence-corrected chi connectivity index (χ3v) is 6.80. The van der Waals surface area contributed by atoms with E-state index in [4.69, 9.17) is 0 Å². The van der Waals surface area contributed by atoms with Crippen molar-refractivity contribution in [2.24, 2.45) is 0 Å². The molecule has 154 valence electrons. The molecule has 0 bridgehead atoms. The van der Waals surface area contributed by atoms with Crippen molar-refractivity contribution in [3.63, 3.8) is 0 Å². The van der Waals surface area contributed by atoms with E-state index in [0.29, 0.717) is 20.8 Å². The molecular weight excluding hydrogens is 418 g/mol. The van der Waals surface area contributed by atoms with Crippen LogP contribution in [0.1, 0.15) is 20.8 Å². The van der Waals surface area contributed by atoms with Crippen molar-refractivity contribution in [2.45, 2.75) is 35.9 Å². The number of carbonyl (C=O) groups excluding carboxylic acids is 2. The smallest absolute Gasteiger partial charge is 0.250 e. The SMILES string of the molecule is C[C@@H](Sc1nnc(Nc2ccccc2)s1)C(=O)N1c2ccccc2NC(=O)C1(C)C. The van der Waals surface area contributed by atoms with Crippen LogP contribution in [0.15, 0.2) is 58.9 Å². The first-order chi connectivity index (χ1) is 14.4. The number of nitrogens with one attached hydrogen (secondary N) is 2. The molecule has 1 atom stereocenters. The number of aromatic nitrogens is 2. The summed E-state index contributed by atoms with van der Waals surface area (Å²) in [5.74, 6) is -0.364. The topological polar surface area (TPSA) is 87.2 Å². The third-order valence-electron chi connectivity index (χ3n) is 4.79. The number of carbonyl (C=O) groups is 2. The van der Waals surface area contributed by atoms with E-state index >= 15 is 0 Å². The van der Waals surface area contributed by atoms with Gasteiger partial charge in [-0.25, -0.2) is 0 Å². The highest BCUT2D eigenvalue weighted by Crippen LogP contribution is 2.39. The second kappa shape index (κ2) is 8.08. The second-order valence-corrected chi connectivity index (χ2v) is 9.89. The third kappa shape index (κ3) is 3.90. The molecule has 1 aliphatic heterocycles. The zero-order valence-electron chi connectivity index (χ0n) is 16.7. The van der Waals surface area contributed by atoms with Crippen LogP contribution in [0, 0.1) is 0 Å². The molecule has 2 aromatic carbocycles. The van der Waals surface area contributed by atoms with Crippen LogP contribution in [0.5, 0.6) is 0 Å². The maximum absolute atomic E-state index is 13.4. The summed E-state index contributed by atoms with van der Waals surface area (Å²) in [5.41, 5.74) is 1.26. The maximum Gasteiger partial charge on any atom is 0.250 e. The van der Waals surface area contributed by atoms with Crippen LogP contribution >= 0.6 is 23.1 Å². The van der Waals surface area contributed by atoms with Gasteiger partial charge in [-0.05, 0) is 45.0 Å². The Kier molecular flexibility index (Phi) is 5.48. The van der Waals surface area contributed by atoms with Crippen molar-refractivity contribution in [3.05, 3.63) is 54.6 Å². The van der Waals surface area contributed by atoms with Gasteiger partial charge < -0.3 is 10.6 Å². The Balaban J connectivity index is 1.52. The van der Waals surface area contributed by atoms with Crippen molar-refractivity contribution in [1.82, 2.24) is 10.2 Å². The van der Waals surface area contributed by atoms with Gasteiger partial charge in [0, 0.05) is 5.69 Å². The van der Waals surface area contributed by atoms with Crippen LogP contribution in [0.4, 0.5) is 22.2 Å². The monoisotopic (exact) mass is 439 g/mol. The van der Waals surface area contributed by atoms with Gasteiger partial charge in [-0.3, -0.25) is 14.5 Å². The Labute approximate surface area is 182 Å². The first-order valence-corrected chi connectivity index (χ1v) is 11.1. The molecule has 1 aromatic heterocycles. The second-order valence-electron chi connectivity index (χ2n) is 7.33. The fraction of sp³-hybridized carbons (Fsp3) is 0.238. The molecule has 0 spiro atoms. The first kappa shape index (κ1) is 20.4. The molecule has 0 unspecified atom stereocenters. The standard InChI is InChI=1S/C21H21N5O2S2/c1-13(29-20-25-24-19(30-20)22-14-9-5-4-6-10-14)17(27)26-16-12-8-7-11-15(16)23-18(28)21(26,2)3/h4-13H,1-3H3,(H,22,24)(H,23,28)/t13-/m1/s1. The number of anilines is 4. The lowest BCUT2D eigenvalue weighted by molar-refractivity contribution is -0.126. The highest BCUT2D eigenvalue weighted by atomic mass is 32.2. The summed E-state index contributed by atoms with van der Waals surface area (Å²) < 4.78 is 0.682. The Morgan fingerprint density at radius 3 is 2.60 bits per heavy atom. The van der Waals surface area contributed by atoms with Crippen molar-refractivity contribution in [1.29, 1.82) is 0 Å². The number of amides is 2. The van der Waals surface area contributed by atoms with E-state index in [1.165, 1.54) is 23.1 Å². The minimum atomic E-state index is -0.999. The van der Waals surface area contributed by atoms with E-state index in [-0.39, 0.29) is 11.8 Å². The van der Waals surface area contributed by atoms with Gasteiger partial charge in [0.15, 0.2) is 4.34 Å². The summed E-state index contributed by atoms with van der Waals surface area (Å²) in [5, 5.41) is 14.7. The van der Waals surface area contributed by atoms with Crippen LogP contribution in [0.2, 0.25) is 0 Å². The fourth-order valence-corrected chi connectivity index (χ4v) is 5.14. The number of nitrogens with zero attached hydrogens (tertiary/aromatic N) is 3. The summed E-state index contributed by atoms with van der Waals surface area (Å²) in [6, 6.07) is 17.0. The van der Waals surface area contributed by atoms with Crippen LogP contribution < -0.4 is 15.5 Å². The average Bonchev–Trinajstić information content (AvgIpc) is 3.16. The summed E-state index contributed by atoms with van der Waals surface area (Å²) in [7, 11) is 0. The number of hydrogen-bond donors (Lipinski definition) is 2. The number of fused-ring (bicyclic) bond motifs is 1. The summed E-state index contributed by atoms with van der Waals surface area (Å²) in [6.07, 6.45) is 0. The molecule has 2 N–H and O–H groups in total. The minimum absolute atomic E-state index is 0.153. The average molecular weight is 440 g/mol. The fourth-order valence-electron chi connectivity index (χ4n) is 3.18. The van der Waals surface area contributed by atoms with Crippen molar-refractivity contribution < 1.29 is 9.59 Å². The molecule has 1 aliphatic rings. The van der Waals surface area contributed by atoms with Crippen LogP contribution in [0.25, 0.3) is 0 Å². The highest BCUT2D eigenvalue weighted by molar-refractivity contribution is 8.02. The van der Waals surface area contributed by atoms with Gasteiger partial charge in [-0.15, -0.1) is 10.2 Å². The first-order valence-electron chi connectivity index (χ1n) is 9.43. The zero-order valence-corrected chi connectivity index (χ0v) is 18.4. The van der Waals surface area contributed by atoms with Crippen molar-refractivity contribution >= 4 is 57.1 Å². The van der Waals surface area contributed by atoms with E-state index in [9.17, 15) is 9.59 Å². The van der Waals surface area contributed by atoms with Gasteiger partial charge >= 0.3 is 0 Å². The van der Waals surface area contributed by atoms with E-state index in [0.717, 1.165) is 5.69 Å². The van der Waals surface area contributed by atoms with Gasteiger partial charge in [-0.1, -0.05) is 53.4 Å². The molecule has 2 heterocycles. The van der Waals surface area contributed by atoms with Gasteiger partial charge in [0.2, 0.25) is 16.9 Å². The molecule has 0 saturated heterocycles. The summed E-state index contributed by atoms with van der Waals surface area (Å²) in [4.78, 5) is 27.6. The quantitative estimate of drug-likeness (QED) is 0.568. The number of thioether (sulfide) groups is 1. The maximum atomic E-state index is 13.4. The van der Waals surface area contributed by atoms with Gasteiger partial charge in [0.1, 0.15) is 5.54 Å². The number of hydrogen-bond acceptors (Lipinski definition) is 7. The highest BCUT2D eigenvalue weighted by Gasteiger charge is 2.44. The molecule has 0 radical (unpaired) electrons. The largest absolute Gasteiger partial charge is 0.330 e. The van der Waals surface area contributed by atoms with Crippen molar-refractivity contribution in [3.8, 4) is 0 Å². The summed E-state index contributed by atoms with van der Waals surface area (Å²) >= 11 is 2.72. The Hall–Kier alpha value is -2.91. The summed E-state index contributed by atoms with van der Waals surface area (Å²) in [6.45, 7) is 5.32. The molecule has 2 amide bonds. The lowest BCUT2D eigenvalue weighted by Crippen LogP contribution is -2.60. The van der Waals surface area contributed by atoms with Gasteiger partial charge in [-0.2, -0.15) is 0 Å². The molecule has 4 rings (SSSR count). The number of benzene rings is 2. The van der Waals surface area contributed by atoms with Crippen molar-refractivity contribution in [2.75, 3.05) is 15.5 Å². The van der Waals surface area contributed by atoms with E-state index in [1.807, 2.05) is 55.5 Å². The van der Waals surface area contributed by atoms with Crippen LogP contribution in [-0.2, 0) is 9.59 Å². The Morgan fingerprint density at radius 1 is 1.13 bits per heavy atom. The molecular formula is C21H21N5O2S2. The van der Waals surface area contributed by atoms with E-state index in [2.05, 4.69) is 20.8 Å². The molecule has 9 heteroatoms. The van der Waals surface area contributed by atoms with E-state index in [1.54, 1.807) is 24.8 Å². The number of para-hydroxylation sites is 3. The van der Waals surface area contributed by atoms with Crippen LogP contribution in [-0.4, -0.2) is 32.8 Å².